The Morgan fingerprint density at radius 2 is 1.24 bits per heavy atom. The summed E-state index contributed by atoms with van der Waals surface area (Å²) in [6.45, 7) is 3.57. The molecule has 0 unspecified atom stereocenters. The predicted molar refractivity (Wildman–Crippen MR) is 128 cm³/mol. The van der Waals surface area contributed by atoms with Crippen LogP contribution in [0.1, 0.15) is 16.7 Å². The Balaban J connectivity index is 1.69. The summed E-state index contributed by atoms with van der Waals surface area (Å²) in [6.07, 6.45) is -4.67. The van der Waals surface area contributed by atoms with Crippen LogP contribution in [-0.4, -0.2) is 59.2 Å². The monoisotopic (exact) mass is 462 g/mol. The summed E-state index contributed by atoms with van der Waals surface area (Å²) in [5, 5.41) is 31.8. The molecular weight excluding hydrogens is 432 g/mol. The highest BCUT2D eigenvalue weighted by molar-refractivity contribution is 5.47. The van der Waals surface area contributed by atoms with Gasteiger partial charge in [-0.15, -0.1) is 6.58 Å². The lowest BCUT2D eigenvalue weighted by Crippen LogP contribution is -2.60. The Labute approximate surface area is 199 Å². The minimum absolute atomic E-state index is 0.0951. The normalized spacial score (nSPS) is 25.1. The number of hydrogen-bond donors (Lipinski definition) is 3. The fourth-order valence-corrected chi connectivity index (χ4v) is 4.39. The number of rotatable bonds is 9. The zero-order valence-corrected chi connectivity index (χ0v) is 18.8. The highest BCUT2D eigenvalue weighted by Gasteiger charge is 2.46. The number of aliphatic hydroxyl groups is 3. The van der Waals surface area contributed by atoms with E-state index in [9.17, 15) is 15.3 Å². The molecule has 0 bridgehead atoms. The molecule has 0 aliphatic carbocycles. The zero-order valence-electron chi connectivity index (χ0n) is 18.8. The van der Waals surface area contributed by atoms with Crippen LogP contribution in [-0.2, 0) is 19.8 Å². The number of hydrogen-bond acceptors (Lipinski definition) is 6. The van der Waals surface area contributed by atoms with E-state index in [-0.39, 0.29) is 13.2 Å². The third-order valence-electron chi connectivity index (χ3n) is 6.07. The molecule has 1 heterocycles. The minimum atomic E-state index is -1.42. The van der Waals surface area contributed by atoms with Gasteiger partial charge in [-0.2, -0.15) is 0 Å². The molecule has 6 heteroatoms. The quantitative estimate of drug-likeness (QED) is 0.335. The van der Waals surface area contributed by atoms with E-state index in [0.29, 0.717) is 0 Å². The van der Waals surface area contributed by atoms with E-state index >= 15 is 0 Å². The first kappa shape index (κ1) is 24.3. The van der Waals surface area contributed by atoms with E-state index < -0.39 is 36.3 Å². The van der Waals surface area contributed by atoms with Crippen LogP contribution in [0.25, 0.3) is 0 Å². The lowest BCUT2D eigenvalue weighted by atomic mass is 9.80. The summed E-state index contributed by atoms with van der Waals surface area (Å²) in [6, 6.07) is 29.4. The van der Waals surface area contributed by atoms with E-state index in [1.165, 1.54) is 6.08 Å². The Kier molecular flexibility index (Phi) is 7.90. The van der Waals surface area contributed by atoms with Crippen LogP contribution in [0.2, 0.25) is 0 Å². The molecule has 0 saturated carbocycles. The maximum atomic E-state index is 10.8. The van der Waals surface area contributed by atoms with Crippen molar-refractivity contribution in [3.63, 3.8) is 0 Å². The average Bonchev–Trinajstić information content (AvgIpc) is 2.89. The first-order valence-corrected chi connectivity index (χ1v) is 11.3. The lowest BCUT2D eigenvalue weighted by Gasteiger charge is -2.42. The van der Waals surface area contributed by atoms with Crippen LogP contribution < -0.4 is 0 Å². The van der Waals surface area contributed by atoms with Crippen molar-refractivity contribution in [1.82, 2.24) is 0 Å². The molecule has 178 valence electrons. The van der Waals surface area contributed by atoms with Crippen LogP contribution in [0.3, 0.4) is 0 Å². The second-order valence-corrected chi connectivity index (χ2v) is 8.22. The summed E-state index contributed by atoms with van der Waals surface area (Å²) >= 11 is 0. The summed E-state index contributed by atoms with van der Waals surface area (Å²) in [5.74, 6) is 0. The highest BCUT2D eigenvalue weighted by Crippen LogP contribution is 2.41. The van der Waals surface area contributed by atoms with Gasteiger partial charge in [0.25, 0.3) is 0 Å². The smallest absolute Gasteiger partial charge is 0.184 e. The van der Waals surface area contributed by atoms with Gasteiger partial charge < -0.3 is 29.5 Å². The van der Waals surface area contributed by atoms with Crippen molar-refractivity contribution in [2.24, 2.45) is 0 Å². The predicted octanol–water partition coefficient (Wildman–Crippen LogP) is 3.01. The largest absolute Gasteiger partial charge is 0.387 e. The topological polar surface area (TPSA) is 88.4 Å². The second-order valence-electron chi connectivity index (χ2n) is 8.22. The molecule has 0 amide bonds. The van der Waals surface area contributed by atoms with Crippen molar-refractivity contribution in [2.45, 2.75) is 36.3 Å². The lowest BCUT2D eigenvalue weighted by molar-refractivity contribution is -0.299. The molecule has 1 aliphatic heterocycles. The second kappa shape index (κ2) is 11.1. The third-order valence-corrected chi connectivity index (χ3v) is 6.07. The van der Waals surface area contributed by atoms with Gasteiger partial charge in [0, 0.05) is 0 Å². The molecule has 3 N–H and O–H groups in total. The Hall–Kier alpha value is -2.84. The van der Waals surface area contributed by atoms with E-state index in [0.717, 1.165) is 16.7 Å². The molecule has 34 heavy (non-hydrogen) atoms. The molecule has 1 saturated heterocycles. The molecule has 4 rings (SSSR count). The molecule has 3 aromatic carbocycles. The molecule has 0 radical (unpaired) electrons. The number of ether oxygens (including phenoxy) is 3. The molecular formula is C28H30O6. The molecule has 1 aliphatic rings. The molecule has 6 nitrogen and oxygen atoms in total. The van der Waals surface area contributed by atoms with E-state index in [4.69, 9.17) is 14.2 Å². The number of aliphatic hydroxyl groups excluding tert-OH is 3. The standard InChI is InChI=1S/C28H30O6/c1-2-18-32-26-25(30)24(29)23(34-27(26)31)19-33-28(20-12-6-3-7-13-20,21-14-8-4-9-15-21)22-16-10-5-11-17-22/h2-17,23-27,29-31H,1,18-19H2/t23-,24-,25-,26-,27+/m1/s1. The first-order valence-electron chi connectivity index (χ1n) is 11.3. The van der Waals surface area contributed by atoms with Crippen molar-refractivity contribution in [3.8, 4) is 0 Å². The van der Waals surface area contributed by atoms with Gasteiger partial charge in [-0.1, -0.05) is 97.1 Å². The van der Waals surface area contributed by atoms with Crippen molar-refractivity contribution < 1.29 is 29.5 Å². The SMILES string of the molecule is C=CCO[C@@H]1[C@H](O)[C@H](O)[C@@H](COC(c2ccccc2)(c2ccccc2)c2ccccc2)O[C@@H]1O. The van der Waals surface area contributed by atoms with Gasteiger partial charge in [0.2, 0.25) is 0 Å². The maximum absolute atomic E-state index is 10.8. The third kappa shape index (κ3) is 4.83. The van der Waals surface area contributed by atoms with Gasteiger partial charge >= 0.3 is 0 Å². The maximum Gasteiger partial charge on any atom is 0.184 e. The zero-order chi connectivity index (χ0) is 24.0. The van der Waals surface area contributed by atoms with Crippen LogP contribution in [0.4, 0.5) is 0 Å². The summed E-state index contributed by atoms with van der Waals surface area (Å²) in [7, 11) is 0. The van der Waals surface area contributed by atoms with Crippen LogP contribution in [0, 0.1) is 0 Å². The minimum Gasteiger partial charge on any atom is -0.387 e. The average molecular weight is 463 g/mol. The number of benzene rings is 3. The molecule has 5 atom stereocenters. The van der Waals surface area contributed by atoms with E-state index in [2.05, 4.69) is 6.58 Å². The van der Waals surface area contributed by atoms with Crippen LogP contribution in [0.15, 0.2) is 104 Å². The van der Waals surface area contributed by atoms with Crippen molar-refractivity contribution >= 4 is 0 Å². The van der Waals surface area contributed by atoms with Gasteiger partial charge in [0.15, 0.2) is 6.29 Å². The van der Waals surface area contributed by atoms with Crippen molar-refractivity contribution in [3.05, 3.63) is 120 Å². The van der Waals surface area contributed by atoms with Crippen LogP contribution in [0.5, 0.6) is 0 Å². The molecule has 0 aromatic heterocycles. The van der Waals surface area contributed by atoms with Gasteiger partial charge in [-0.3, -0.25) is 0 Å². The summed E-state index contributed by atoms with van der Waals surface area (Å²) in [5.41, 5.74) is 1.67. The van der Waals surface area contributed by atoms with Crippen molar-refractivity contribution in [1.29, 1.82) is 0 Å². The Morgan fingerprint density at radius 3 is 1.68 bits per heavy atom. The summed E-state index contributed by atoms with van der Waals surface area (Å²) in [4.78, 5) is 0. The van der Waals surface area contributed by atoms with E-state index in [1.54, 1.807) is 0 Å². The van der Waals surface area contributed by atoms with Gasteiger partial charge in [0.1, 0.15) is 30.0 Å². The van der Waals surface area contributed by atoms with Gasteiger partial charge in [0.05, 0.1) is 13.2 Å². The van der Waals surface area contributed by atoms with Crippen molar-refractivity contribution in [2.75, 3.05) is 13.2 Å². The van der Waals surface area contributed by atoms with Gasteiger partial charge in [-0.05, 0) is 16.7 Å². The first-order chi connectivity index (χ1) is 16.6. The highest BCUT2D eigenvalue weighted by atomic mass is 16.7. The van der Waals surface area contributed by atoms with E-state index in [1.807, 2.05) is 91.0 Å². The Morgan fingerprint density at radius 1 is 0.765 bits per heavy atom. The molecule has 0 spiro atoms. The fourth-order valence-electron chi connectivity index (χ4n) is 4.39. The molecule has 1 fully saturated rings. The van der Waals surface area contributed by atoms with Crippen LogP contribution >= 0.6 is 0 Å². The Bertz CT molecular complexity index is 930. The summed E-state index contributed by atoms with van der Waals surface area (Å²) < 4.78 is 17.7. The van der Waals surface area contributed by atoms with Gasteiger partial charge in [-0.25, -0.2) is 0 Å². The molecule has 3 aromatic rings. The fraction of sp³-hybridized carbons (Fsp3) is 0.286.